The molecular formula is C20H26N2O2. The molecule has 4 heteroatoms. The van der Waals surface area contributed by atoms with E-state index in [4.69, 9.17) is 4.74 Å². The van der Waals surface area contributed by atoms with Gasteiger partial charge in [-0.1, -0.05) is 39.0 Å². The monoisotopic (exact) mass is 326 g/mol. The Morgan fingerprint density at radius 1 is 0.917 bits per heavy atom. The Morgan fingerprint density at radius 3 is 2.04 bits per heavy atom. The van der Waals surface area contributed by atoms with Gasteiger partial charge in [0.2, 0.25) is 0 Å². The first-order chi connectivity index (χ1) is 11.3. The fraction of sp³-hybridized carbons (Fsp3) is 0.350. The molecule has 4 nitrogen and oxygen atoms in total. The molecule has 0 N–H and O–H groups in total. The number of ether oxygens (including phenoxy) is 1. The van der Waals surface area contributed by atoms with Crippen molar-refractivity contribution < 1.29 is 9.53 Å². The maximum Gasteiger partial charge on any atom is 0.328 e. The zero-order valence-electron chi connectivity index (χ0n) is 15.3. The molecule has 0 radical (unpaired) electrons. The molecule has 0 atom stereocenters. The van der Waals surface area contributed by atoms with Gasteiger partial charge in [-0.15, -0.1) is 0 Å². The average molecular weight is 326 g/mol. The predicted octanol–water partition coefficient (Wildman–Crippen LogP) is 4.69. The van der Waals surface area contributed by atoms with Crippen LogP contribution in [0.15, 0.2) is 48.5 Å². The molecule has 2 rings (SSSR count). The Bertz CT molecular complexity index is 702. The van der Waals surface area contributed by atoms with E-state index >= 15 is 0 Å². The maximum atomic E-state index is 12.9. The molecule has 2 aromatic carbocycles. The first-order valence-corrected chi connectivity index (χ1v) is 8.00. The highest BCUT2D eigenvalue weighted by atomic mass is 16.5. The van der Waals surface area contributed by atoms with Crippen molar-refractivity contribution in [1.29, 1.82) is 0 Å². The highest BCUT2D eigenvalue weighted by Gasteiger charge is 2.24. The lowest BCUT2D eigenvalue weighted by Crippen LogP contribution is -2.39. The normalized spacial score (nSPS) is 11.1. The van der Waals surface area contributed by atoms with Gasteiger partial charge in [0.15, 0.2) is 0 Å². The van der Waals surface area contributed by atoms with Gasteiger partial charge in [-0.05, 0) is 41.3 Å². The van der Waals surface area contributed by atoms with E-state index in [2.05, 4.69) is 26.8 Å². The second kappa shape index (κ2) is 6.95. The molecule has 0 aliphatic heterocycles. The maximum absolute atomic E-state index is 12.9. The van der Waals surface area contributed by atoms with Crippen LogP contribution in [-0.2, 0) is 5.41 Å². The van der Waals surface area contributed by atoms with Crippen LogP contribution >= 0.6 is 0 Å². The largest absolute Gasteiger partial charge is 0.497 e. The van der Waals surface area contributed by atoms with Crippen LogP contribution in [0.5, 0.6) is 5.75 Å². The molecule has 24 heavy (non-hydrogen) atoms. The zero-order valence-corrected chi connectivity index (χ0v) is 15.3. The van der Waals surface area contributed by atoms with Gasteiger partial charge in [0.25, 0.3) is 0 Å². The summed E-state index contributed by atoms with van der Waals surface area (Å²) in [5.41, 5.74) is 2.85. The summed E-state index contributed by atoms with van der Waals surface area (Å²) >= 11 is 0. The third kappa shape index (κ3) is 3.70. The van der Waals surface area contributed by atoms with Crippen molar-refractivity contribution in [2.45, 2.75) is 26.2 Å². The number of carbonyl (C=O) groups excluding carboxylic acids is 1. The quantitative estimate of drug-likeness (QED) is 0.820. The Morgan fingerprint density at radius 2 is 1.50 bits per heavy atom. The number of hydrogen-bond donors (Lipinski definition) is 0. The Kier molecular flexibility index (Phi) is 5.17. The number of amides is 2. The van der Waals surface area contributed by atoms with Crippen molar-refractivity contribution in [2.75, 3.05) is 31.0 Å². The van der Waals surface area contributed by atoms with E-state index in [-0.39, 0.29) is 11.4 Å². The number of hydrogen-bond acceptors (Lipinski definition) is 2. The number of anilines is 2. The number of benzene rings is 2. The molecular weight excluding hydrogens is 300 g/mol. The van der Waals surface area contributed by atoms with E-state index in [9.17, 15) is 4.79 Å². The molecule has 0 aliphatic rings. The van der Waals surface area contributed by atoms with Gasteiger partial charge in [-0.3, -0.25) is 9.80 Å². The van der Waals surface area contributed by atoms with Crippen LogP contribution in [0.1, 0.15) is 26.3 Å². The molecule has 0 spiro atoms. The molecule has 0 unspecified atom stereocenters. The third-order valence-electron chi connectivity index (χ3n) is 4.11. The summed E-state index contributed by atoms with van der Waals surface area (Å²) in [6.07, 6.45) is 0. The fourth-order valence-corrected chi connectivity index (χ4v) is 2.64. The standard InChI is InChI=1S/C20H26N2O2/c1-20(2,3)17-9-7-8-10-18(17)22(5)19(23)21(4)15-11-13-16(24-6)14-12-15/h7-14H,1-6H3. The Balaban J connectivity index is 2.29. The number of methoxy groups -OCH3 is 1. The number of rotatable bonds is 3. The molecule has 0 fully saturated rings. The zero-order chi connectivity index (χ0) is 17.9. The summed E-state index contributed by atoms with van der Waals surface area (Å²) in [7, 11) is 5.22. The fourth-order valence-electron chi connectivity index (χ4n) is 2.64. The van der Waals surface area contributed by atoms with Crippen LogP contribution in [0.4, 0.5) is 16.2 Å². The summed E-state index contributed by atoms with van der Waals surface area (Å²) in [5, 5.41) is 0. The lowest BCUT2D eigenvalue weighted by molar-refractivity contribution is 0.253. The van der Waals surface area contributed by atoms with Crippen LogP contribution in [0, 0.1) is 0 Å². The lowest BCUT2D eigenvalue weighted by Gasteiger charge is -2.30. The summed E-state index contributed by atoms with van der Waals surface area (Å²) in [5.74, 6) is 0.769. The topological polar surface area (TPSA) is 32.8 Å². The second-order valence-corrected chi connectivity index (χ2v) is 6.87. The Hall–Kier alpha value is -2.49. The van der Waals surface area contributed by atoms with Gasteiger partial charge in [0.05, 0.1) is 7.11 Å². The van der Waals surface area contributed by atoms with E-state index in [0.717, 1.165) is 22.7 Å². The van der Waals surface area contributed by atoms with E-state index < -0.39 is 0 Å². The van der Waals surface area contributed by atoms with Crippen LogP contribution < -0.4 is 14.5 Å². The van der Waals surface area contributed by atoms with Gasteiger partial charge in [0.1, 0.15) is 5.75 Å². The van der Waals surface area contributed by atoms with Gasteiger partial charge >= 0.3 is 6.03 Å². The van der Waals surface area contributed by atoms with Crippen molar-refractivity contribution in [1.82, 2.24) is 0 Å². The van der Waals surface area contributed by atoms with Crippen molar-refractivity contribution >= 4 is 17.4 Å². The third-order valence-corrected chi connectivity index (χ3v) is 4.11. The minimum atomic E-state index is -0.0862. The van der Waals surface area contributed by atoms with Crippen LogP contribution in [-0.4, -0.2) is 27.2 Å². The smallest absolute Gasteiger partial charge is 0.328 e. The number of para-hydroxylation sites is 1. The van der Waals surface area contributed by atoms with Gasteiger partial charge in [0, 0.05) is 25.5 Å². The van der Waals surface area contributed by atoms with Crippen molar-refractivity contribution in [3.05, 3.63) is 54.1 Å². The predicted molar refractivity (Wildman–Crippen MR) is 100 cm³/mol. The number of carbonyl (C=O) groups is 1. The van der Waals surface area contributed by atoms with Crippen LogP contribution in [0.25, 0.3) is 0 Å². The average Bonchev–Trinajstić information content (AvgIpc) is 2.59. The molecule has 0 saturated heterocycles. The minimum absolute atomic E-state index is 0.0379. The molecule has 128 valence electrons. The minimum Gasteiger partial charge on any atom is -0.497 e. The molecule has 0 bridgehead atoms. The van der Waals surface area contributed by atoms with Crippen LogP contribution in [0.3, 0.4) is 0 Å². The van der Waals surface area contributed by atoms with E-state index in [1.165, 1.54) is 0 Å². The lowest BCUT2D eigenvalue weighted by atomic mass is 9.85. The van der Waals surface area contributed by atoms with Crippen molar-refractivity contribution in [3.8, 4) is 5.75 Å². The highest BCUT2D eigenvalue weighted by molar-refractivity contribution is 6.03. The number of nitrogens with zero attached hydrogens (tertiary/aromatic N) is 2. The second-order valence-electron chi connectivity index (χ2n) is 6.87. The van der Waals surface area contributed by atoms with E-state index in [1.807, 2.05) is 49.5 Å². The van der Waals surface area contributed by atoms with Gasteiger partial charge in [-0.2, -0.15) is 0 Å². The highest BCUT2D eigenvalue weighted by Crippen LogP contribution is 2.32. The first kappa shape index (κ1) is 17.9. The van der Waals surface area contributed by atoms with Gasteiger partial charge < -0.3 is 4.74 Å². The van der Waals surface area contributed by atoms with E-state index in [0.29, 0.717) is 0 Å². The van der Waals surface area contributed by atoms with Crippen molar-refractivity contribution in [2.24, 2.45) is 0 Å². The summed E-state index contributed by atoms with van der Waals surface area (Å²) in [4.78, 5) is 16.2. The Labute approximate surface area is 144 Å². The van der Waals surface area contributed by atoms with E-state index in [1.54, 1.807) is 24.0 Å². The molecule has 2 amide bonds. The summed E-state index contributed by atoms with van der Waals surface area (Å²) in [6.45, 7) is 6.45. The van der Waals surface area contributed by atoms with Crippen LogP contribution in [0.2, 0.25) is 0 Å². The molecule has 0 aromatic heterocycles. The van der Waals surface area contributed by atoms with Gasteiger partial charge in [-0.25, -0.2) is 4.79 Å². The number of urea groups is 1. The molecule has 0 aliphatic carbocycles. The summed E-state index contributed by atoms with van der Waals surface area (Å²) < 4.78 is 5.17. The molecule has 2 aromatic rings. The summed E-state index contributed by atoms with van der Waals surface area (Å²) in [6, 6.07) is 15.4. The SMILES string of the molecule is COc1ccc(N(C)C(=O)N(C)c2ccccc2C(C)(C)C)cc1. The van der Waals surface area contributed by atoms with Crippen molar-refractivity contribution in [3.63, 3.8) is 0 Å². The first-order valence-electron chi connectivity index (χ1n) is 8.00. The molecule has 0 heterocycles. The molecule has 0 saturated carbocycles.